The molecule has 0 spiro atoms. The Balaban J connectivity index is 1.70. The first-order valence-electron chi connectivity index (χ1n) is 9.58. The Kier molecular flexibility index (Phi) is 5.13. The largest absolute Gasteiger partial charge is 0.454 e. The summed E-state index contributed by atoms with van der Waals surface area (Å²) in [5, 5.41) is 0.188. The van der Waals surface area contributed by atoms with Gasteiger partial charge < -0.3 is 9.47 Å². The molecule has 6 heteroatoms. The molecule has 0 atom stereocenters. The maximum Gasteiger partial charge on any atom is 0.268 e. The predicted molar refractivity (Wildman–Crippen MR) is 114 cm³/mol. The molecule has 5 nitrogen and oxygen atoms in total. The van der Waals surface area contributed by atoms with Crippen molar-refractivity contribution in [1.29, 1.82) is 0 Å². The van der Waals surface area contributed by atoms with Crippen LogP contribution in [0.3, 0.4) is 0 Å². The molecule has 0 fully saturated rings. The van der Waals surface area contributed by atoms with Crippen LogP contribution in [-0.4, -0.2) is 28.8 Å². The van der Waals surface area contributed by atoms with Crippen molar-refractivity contribution in [2.45, 2.75) is 39.5 Å². The first-order chi connectivity index (χ1) is 13.8. The number of imide groups is 1. The van der Waals surface area contributed by atoms with Crippen LogP contribution in [0.25, 0.3) is 5.57 Å². The molecule has 0 radical (unpaired) electrons. The van der Waals surface area contributed by atoms with Crippen LogP contribution in [0.15, 0.2) is 41.3 Å². The van der Waals surface area contributed by atoms with E-state index in [1.54, 1.807) is 0 Å². The summed E-state index contributed by atoms with van der Waals surface area (Å²) in [6.07, 6.45) is 0. The van der Waals surface area contributed by atoms with Gasteiger partial charge in [-0.15, -0.1) is 11.8 Å². The first-order valence-corrected chi connectivity index (χ1v) is 10.5. The molecule has 0 saturated carbocycles. The van der Waals surface area contributed by atoms with Crippen LogP contribution in [0, 0.1) is 13.8 Å². The number of fused-ring (bicyclic) bond motifs is 1. The molecule has 150 valence electrons. The summed E-state index contributed by atoms with van der Waals surface area (Å²) < 4.78 is 10.8. The molecule has 4 rings (SSSR count). The summed E-state index contributed by atoms with van der Waals surface area (Å²) in [5.41, 5.74) is 4.27. The van der Waals surface area contributed by atoms with Crippen LogP contribution in [0.4, 0.5) is 0 Å². The number of rotatable bonds is 5. The van der Waals surface area contributed by atoms with Crippen molar-refractivity contribution in [1.82, 2.24) is 4.90 Å². The van der Waals surface area contributed by atoms with Crippen molar-refractivity contribution in [3.05, 3.63) is 63.6 Å². The normalized spacial score (nSPS) is 15.8. The second-order valence-corrected chi connectivity index (χ2v) is 9.16. The van der Waals surface area contributed by atoms with Crippen molar-refractivity contribution < 1.29 is 19.1 Å². The zero-order valence-electron chi connectivity index (χ0n) is 16.9. The Morgan fingerprint density at radius 3 is 2.48 bits per heavy atom. The zero-order valence-corrected chi connectivity index (χ0v) is 17.8. The predicted octanol–water partition coefficient (Wildman–Crippen LogP) is 4.45. The van der Waals surface area contributed by atoms with E-state index in [-0.39, 0.29) is 30.4 Å². The lowest BCUT2D eigenvalue weighted by Crippen LogP contribution is -2.31. The number of amides is 2. The first kappa shape index (κ1) is 19.6. The maximum atomic E-state index is 13.4. The van der Waals surface area contributed by atoms with Crippen LogP contribution in [0.5, 0.6) is 11.5 Å². The van der Waals surface area contributed by atoms with Gasteiger partial charge in [0.15, 0.2) is 11.5 Å². The molecule has 2 aliphatic rings. The van der Waals surface area contributed by atoms with Gasteiger partial charge in [0, 0.05) is 5.25 Å². The number of aryl methyl sites for hydroxylation is 2. The standard InChI is InChI=1S/C23H23NO4S/c1-13(2)29-21-20(17-7-5-14(3)9-15(17)4)22(25)24(23(21)26)11-16-6-8-18-19(10-16)28-12-27-18/h5-10,13H,11-12H2,1-4H3. The number of ether oxygens (including phenoxy) is 2. The third-order valence-corrected chi connectivity index (χ3v) is 5.99. The van der Waals surface area contributed by atoms with E-state index in [1.165, 1.54) is 16.7 Å². The van der Waals surface area contributed by atoms with E-state index < -0.39 is 0 Å². The van der Waals surface area contributed by atoms with Crippen LogP contribution in [0.2, 0.25) is 0 Å². The highest BCUT2D eigenvalue weighted by Gasteiger charge is 2.40. The van der Waals surface area contributed by atoms with Gasteiger partial charge in [-0.25, -0.2) is 0 Å². The highest BCUT2D eigenvalue weighted by Crippen LogP contribution is 2.40. The number of thioether (sulfide) groups is 1. The third kappa shape index (κ3) is 3.65. The van der Waals surface area contributed by atoms with Crippen LogP contribution < -0.4 is 9.47 Å². The van der Waals surface area contributed by atoms with Crippen LogP contribution in [0.1, 0.15) is 36.1 Å². The monoisotopic (exact) mass is 409 g/mol. The van der Waals surface area contributed by atoms with E-state index in [0.29, 0.717) is 22.0 Å². The van der Waals surface area contributed by atoms with Gasteiger partial charge in [0.1, 0.15) is 0 Å². The van der Waals surface area contributed by atoms with E-state index in [9.17, 15) is 9.59 Å². The summed E-state index contributed by atoms with van der Waals surface area (Å²) in [5.74, 6) is 0.836. The highest BCUT2D eigenvalue weighted by molar-refractivity contribution is 8.04. The molecule has 2 heterocycles. The van der Waals surface area contributed by atoms with Crippen LogP contribution >= 0.6 is 11.8 Å². The summed E-state index contributed by atoms with van der Waals surface area (Å²) in [6.45, 7) is 8.43. The Bertz CT molecular complexity index is 1040. The molecule has 2 aliphatic heterocycles. The lowest BCUT2D eigenvalue weighted by Gasteiger charge is -2.16. The lowest BCUT2D eigenvalue weighted by atomic mass is 9.99. The number of carbonyl (C=O) groups is 2. The van der Waals surface area contributed by atoms with Crippen molar-refractivity contribution in [2.24, 2.45) is 0 Å². The van der Waals surface area contributed by atoms with Gasteiger partial charge >= 0.3 is 0 Å². The Hall–Kier alpha value is -2.73. The number of hydrogen-bond donors (Lipinski definition) is 0. The van der Waals surface area contributed by atoms with Gasteiger partial charge in [0.25, 0.3) is 11.8 Å². The molecule has 2 amide bonds. The highest BCUT2D eigenvalue weighted by atomic mass is 32.2. The minimum atomic E-state index is -0.247. The smallest absolute Gasteiger partial charge is 0.268 e. The number of carbonyl (C=O) groups excluding carboxylic acids is 2. The van der Waals surface area contributed by atoms with Gasteiger partial charge in [0.05, 0.1) is 17.0 Å². The Labute approximate surface area is 174 Å². The Morgan fingerprint density at radius 1 is 1.00 bits per heavy atom. The summed E-state index contributed by atoms with van der Waals surface area (Å²) in [6, 6.07) is 11.5. The average Bonchev–Trinajstić information content (AvgIpc) is 3.21. The van der Waals surface area contributed by atoms with Crippen molar-refractivity contribution >= 4 is 29.1 Å². The molecule has 0 unspecified atom stereocenters. The quantitative estimate of drug-likeness (QED) is 0.683. The van der Waals surface area contributed by atoms with Gasteiger partial charge in [-0.1, -0.05) is 43.7 Å². The Morgan fingerprint density at radius 2 is 1.76 bits per heavy atom. The zero-order chi connectivity index (χ0) is 20.7. The van der Waals surface area contributed by atoms with E-state index in [1.807, 2.05) is 64.1 Å². The fourth-order valence-electron chi connectivity index (χ4n) is 3.60. The van der Waals surface area contributed by atoms with Crippen molar-refractivity contribution in [3.8, 4) is 11.5 Å². The van der Waals surface area contributed by atoms with Crippen LogP contribution in [-0.2, 0) is 16.1 Å². The SMILES string of the molecule is Cc1ccc(C2=C(SC(C)C)C(=O)N(Cc3ccc4c(c3)OCO4)C2=O)c(C)c1. The maximum absolute atomic E-state index is 13.4. The minimum Gasteiger partial charge on any atom is -0.454 e. The topological polar surface area (TPSA) is 55.8 Å². The number of benzene rings is 2. The fraction of sp³-hybridized carbons (Fsp3) is 0.304. The van der Waals surface area contributed by atoms with Gasteiger partial charge in [-0.3, -0.25) is 14.5 Å². The van der Waals surface area contributed by atoms with E-state index in [2.05, 4.69) is 0 Å². The van der Waals surface area contributed by atoms with Gasteiger partial charge in [-0.2, -0.15) is 0 Å². The van der Waals surface area contributed by atoms with Crippen molar-refractivity contribution in [2.75, 3.05) is 6.79 Å². The molecule has 0 aromatic heterocycles. The van der Waals surface area contributed by atoms with Gasteiger partial charge in [0.2, 0.25) is 6.79 Å². The second kappa shape index (κ2) is 7.59. The average molecular weight is 410 g/mol. The minimum absolute atomic E-state index is 0.188. The van der Waals surface area contributed by atoms with Gasteiger partial charge in [-0.05, 0) is 42.7 Å². The molecular weight excluding hydrogens is 386 g/mol. The van der Waals surface area contributed by atoms with E-state index in [0.717, 1.165) is 22.3 Å². The fourth-order valence-corrected chi connectivity index (χ4v) is 4.59. The molecule has 0 aliphatic carbocycles. The molecule has 2 aromatic carbocycles. The molecule has 0 saturated heterocycles. The molecule has 2 aromatic rings. The number of hydrogen-bond acceptors (Lipinski definition) is 5. The summed E-state index contributed by atoms with van der Waals surface area (Å²) in [4.78, 5) is 28.4. The second-order valence-electron chi connectivity index (χ2n) is 7.57. The summed E-state index contributed by atoms with van der Waals surface area (Å²) >= 11 is 1.45. The lowest BCUT2D eigenvalue weighted by molar-refractivity contribution is -0.137. The molecule has 29 heavy (non-hydrogen) atoms. The molecule has 0 bridgehead atoms. The summed E-state index contributed by atoms with van der Waals surface area (Å²) in [7, 11) is 0. The molecule has 0 N–H and O–H groups in total. The van der Waals surface area contributed by atoms with E-state index in [4.69, 9.17) is 9.47 Å². The van der Waals surface area contributed by atoms with Crippen molar-refractivity contribution in [3.63, 3.8) is 0 Å². The molecular formula is C23H23NO4S. The third-order valence-electron chi connectivity index (χ3n) is 4.91. The number of nitrogens with zero attached hydrogens (tertiary/aromatic N) is 1. The van der Waals surface area contributed by atoms with E-state index >= 15 is 0 Å².